The highest BCUT2D eigenvalue weighted by atomic mass is 19.1. The van der Waals surface area contributed by atoms with Crippen molar-refractivity contribution in [2.75, 3.05) is 5.32 Å². The normalized spacial score (nSPS) is 10.4. The fraction of sp³-hybridized carbons (Fsp3) is 0. The Morgan fingerprint density at radius 2 is 1.60 bits per heavy atom. The van der Waals surface area contributed by atoms with Crippen LogP contribution in [-0.2, 0) is 0 Å². The Balaban J connectivity index is 2.51. The second-order valence-corrected chi connectivity index (χ2v) is 3.76. The van der Waals surface area contributed by atoms with Gasteiger partial charge in [-0.3, -0.25) is 10.1 Å². The van der Waals surface area contributed by atoms with Gasteiger partial charge in [-0.15, -0.1) is 0 Å². The Kier molecular flexibility index (Phi) is 3.55. The zero-order valence-corrected chi connectivity index (χ0v) is 9.66. The zero-order chi connectivity index (χ0) is 14.9. The molecule has 0 aliphatic carbocycles. The minimum absolute atomic E-state index is 0.399. The molecular weight excluding hydrogens is 280 g/mol. The predicted molar refractivity (Wildman–Crippen MR) is 62.7 cm³/mol. The van der Waals surface area contributed by atoms with Crippen LogP contribution in [0.5, 0.6) is 0 Å². The molecule has 0 unspecified atom stereocenters. The summed E-state index contributed by atoms with van der Waals surface area (Å²) in [6, 6.07) is 3.83. The number of hydrogen-bond donors (Lipinski definition) is 1. The summed E-state index contributed by atoms with van der Waals surface area (Å²) in [4.78, 5) is 9.70. The van der Waals surface area contributed by atoms with E-state index in [1.165, 1.54) is 0 Å². The molecule has 0 atom stereocenters. The molecule has 0 saturated heterocycles. The number of rotatable bonds is 3. The molecule has 0 amide bonds. The first-order chi connectivity index (χ1) is 9.40. The van der Waals surface area contributed by atoms with Gasteiger partial charge in [0.1, 0.15) is 17.2 Å². The number of anilines is 2. The Hall–Kier alpha value is -2.64. The molecule has 0 aromatic heterocycles. The molecule has 0 aliphatic rings. The summed E-state index contributed by atoms with van der Waals surface area (Å²) in [6.45, 7) is 0. The van der Waals surface area contributed by atoms with E-state index in [9.17, 15) is 27.7 Å². The number of benzene rings is 2. The van der Waals surface area contributed by atoms with E-state index in [4.69, 9.17) is 0 Å². The van der Waals surface area contributed by atoms with Gasteiger partial charge in [-0.25, -0.2) is 13.2 Å². The summed E-state index contributed by atoms with van der Waals surface area (Å²) in [5.41, 5.74) is -2.21. The van der Waals surface area contributed by atoms with Crippen LogP contribution in [0.25, 0.3) is 0 Å². The number of nitro benzene ring substituents is 1. The average Bonchev–Trinajstić information content (AvgIpc) is 2.33. The van der Waals surface area contributed by atoms with E-state index in [1.807, 2.05) is 0 Å². The Morgan fingerprint density at radius 1 is 1.00 bits per heavy atom. The summed E-state index contributed by atoms with van der Waals surface area (Å²) in [5.74, 6) is -4.88. The molecule has 0 bridgehead atoms. The van der Waals surface area contributed by atoms with Crippen molar-refractivity contribution < 1.29 is 22.5 Å². The van der Waals surface area contributed by atoms with Crippen molar-refractivity contribution in [3.63, 3.8) is 0 Å². The highest BCUT2D eigenvalue weighted by molar-refractivity contribution is 5.70. The zero-order valence-electron chi connectivity index (χ0n) is 9.66. The molecule has 8 heteroatoms. The summed E-state index contributed by atoms with van der Waals surface area (Å²) in [7, 11) is 0. The molecule has 4 nitrogen and oxygen atoms in total. The number of nitrogens with zero attached hydrogens (tertiary/aromatic N) is 1. The van der Waals surface area contributed by atoms with Gasteiger partial charge in [0, 0.05) is 12.1 Å². The fourth-order valence-corrected chi connectivity index (χ4v) is 1.60. The van der Waals surface area contributed by atoms with Crippen molar-refractivity contribution in [2.45, 2.75) is 0 Å². The van der Waals surface area contributed by atoms with E-state index in [-0.39, 0.29) is 0 Å². The van der Waals surface area contributed by atoms with Gasteiger partial charge in [-0.05, 0) is 12.1 Å². The predicted octanol–water partition coefficient (Wildman–Crippen LogP) is 3.89. The summed E-state index contributed by atoms with van der Waals surface area (Å²) in [5, 5.41) is 12.8. The molecule has 104 valence electrons. The number of halogens is 4. The maximum absolute atomic E-state index is 13.4. The fourth-order valence-electron chi connectivity index (χ4n) is 1.60. The van der Waals surface area contributed by atoms with Gasteiger partial charge < -0.3 is 5.32 Å². The van der Waals surface area contributed by atoms with E-state index < -0.39 is 45.3 Å². The topological polar surface area (TPSA) is 55.2 Å². The maximum Gasteiger partial charge on any atom is 0.327 e. The van der Waals surface area contributed by atoms with Crippen LogP contribution in [0.2, 0.25) is 0 Å². The average molecular weight is 286 g/mol. The van der Waals surface area contributed by atoms with Crippen LogP contribution in [0.15, 0.2) is 30.3 Å². The first-order valence-electron chi connectivity index (χ1n) is 5.24. The van der Waals surface area contributed by atoms with Crippen LogP contribution in [0.1, 0.15) is 0 Å². The lowest BCUT2D eigenvalue weighted by Gasteiger charge is -2.09. The first-order valence-corrected chi connectivity index (χ1v) is 5.24. The standard InChI is InChI=1S/C12H6F4N2O2/c13-6-4-8(15)11(9(16)5-6)17-10-3-1-2-7(14)12(10)18(19)20/h1-5,17H. The monoisotopic (exact) mass is 286 g/mol. The van der Waals surface area contributed by atoms with Crippen LogP contribution in [0.4, 0.5) is 34.6 Å². The second-order valence-electron chi connectivity index (χ2n) is 3.76. The van der Waals surface area contributed by atoms with E-state index >= 15 is 0 Å². The van der Waals surface area contributed by atoms with Crippen LogP contribution in [0.3, 0.4) is 0 Å². The number of para-hydroxylation sites is 1. The third-order valence-corrected chi connectivity index (χ3v) is 2.44. The molecule has 0 saturated carbocycles. The van der Waals surface area contributed by atoms with Crippen molar-refractivity contribution in [3.8, 4) is 0 Å². The lowest BCUT2D eigenvalue weighted by Crippen LogP contribution is -2.03. The molecular formula is C12H6F4N2O2. The maximum atomic E-state index is 13.4. The number of hydrogen-bond acceptors (Lipinski definition) is 3. The largest absolute Gasteiger partial charge is 0.345 e. The van der Waals surface area contributed by atoms with Crippen LogP contribution < -0.4 is 5.32 Å². The molecule has 0 aliphatic heterocycles. The van der Waals surface area contributed by atoms with Crippen LogP contribution in [0, 0.1) is 33.4 Å². The molecule has 20 heavy (non-hydrogen) atoms. The van der Waals surface area contributed by atoms with Crippen molar-refractivity contribution in [1.29, 1.82) is 0 Å². The quantitative estimate of drug-likeness (QED) is 0.529. The Morgan fingerprint density at radius 3 is 2.15 bits per heavy atom. The summed E-state index contributed by atoms with van der Waals surface area (Å²) >= 11 is 0. The van der Waals surface area contributed by atoms with Gasteiger partial charge in [0.15, 0.2) is 11.6 Å². The summed E-state index contributed by atoms with van der Waals surface area (Å²) < 4.78 is 52.9. The molecule has 0 heterocycles. The minimum atomic E-state index is -1.29. The lowest BCUT2D eigenvalue weighted by atomic mass is 10.2. The Labute approximate surface area is 109 Å². The highest BCUT2D eigenvalue weighted by Crippen LogP contribution is 2.32. The third kappa shape index (κ3) is 2.53. The third-order valence-electron chi connectivity index (χ3n) is 2.44. The van der Waals surface area contributed by atoms with Crippen molar-refractivity contribution in [2.24, 2.45) is 0 Å². The molecule has 0 fully saturated rings. The van der Waals surface area contributed by atoms with E-state index in [2.05, 4.69) is 5.32 Å². The van der Waals surface area contributed by atoms with Gasteiger partial charge in [0.25, 0.3) is 0 Å². The number of nitrogens with one attached hydrogen (secondary N) is 1. The van der Waals surface area contributed by atoms with Gasteiger partial charge in [0.05, 0.1) is 4.92 Å². The SMILES string of the molecule is O=[N+]([O-])c1c(F)cccc1Nc1c(F)cc(F)cc1F. The number of nitro groups is 1. The van der Waals surface area contributed by atoms with Crippen molar-refractivity contribution in [3.05, 3.63) is 63.7 Å². The van der Waals surface area contributed by atoms with Crippen LogP contribution in [-0.4, -0.2) is 4.92 Å². The van der Waals surface area contributed by atoms with Gasteiger partial charge in [-0.1, -0.05) is 6.07 Å². The lowest BCUT2D eigenvalue weighted by molar-refractivity contribution is -0.386. The molecule has 2 aromatic rings. The smallest absolute Gasteiger partial charge is 0.327 e. The molecule has 2 aromatic carbocycles. The first kappa shape index (κ1) is 13.8. The van der Waals surface area contributed by atoms with Gasteiger partial charge >= 0.3 is 5.69 Å². The minimum Gasteiger partial charge on any atom is -0.345 e. The van der Waals surface area contributed by atoms with E-state index in [0.29, 0.717) is 12.1 Å². The van der Waals surface area contributed by atoms with Gasteiger partial charge in [0.2, 0.25) is 5.82 Å². The molecule has 2 rings (SSSR count). The highest BCUT2D eigenvalue weighted by Gasteiger charge is 2.22. The van der Waals surface area contributed by atoms with Crippen molar-refractivity contribution >= 4 is 17.1 Å². The Bertz CT molecular complexity index is 668. The molecule has 1 N–H and O–H groups in total. The van der Waals surface area contributed by atoms with Crippen molar-refractivity contribution in [1.82, 2.24) is 0 Å². The van der Waals surface area contributed by atoms with Gasteiger partial charge in [-0.2, -0.15) is 4.39 Å². The molecule has 0 radical (unpaired) electrons. The van der Waals surface area contributed by atoms with Crippen LogP contribution >= 0.6 is 0 Å². The van der Waals surface area contributed by atoms with E-state index in [0.717, 1.165) is 18.2 Å². The second kappa shape index (κ2) is 5.16. The van der Waals surface area contributed by atoms with E-state index in [1.54, 1.807) is 0 Å². The summed E-state index contributed by atoms with van der Waals surface area (Å²) in [6.07, 6.45) is 0. The molecule has 0 spiro atoms.